The fourth-order valence-electron chi connectivity index (χ4n) is 0.622. The van der Waals surface area contributed by atoms with Gasteiger partial charge in [-0.1, -0.05) is 0 Å². The van der Waals surface area contributed by atoms with Crippen LogP contribution in [0, 0.1) is 0 Å². The first-order chi connectivity index (χ1) is 6.51. The highest BCUT2D eigenvalue weighted by Gasteiger charge is 2.48. The second-order valence-corrected chi connectivity index (χ2v) is 2.28. The van der Waals surface area contributed by atoms with E-state index >= 15 is 0 Å². The summed E-state index contributed by atoms with van der Waals surface area (Å²) in [5, 5.41) is 0. The molecule has 0 amide bonds. The van der Waals surface area contributed by atoms with Gasteiger partial charge in [-0.25, -0.2) is 4.79 Å². The van der Waals surface area contributed by atoms with E-state index in [2.05, 4.69) is 10.5 Å². The zero-order valence-corrected chi connectivity index (χ0v) is 7.16. The summed E-state index contributed by atoms with van der Waals surface area (Å²) in [7, 11) is 0.512. The number of alkyl halides is 6. The molecule has 3 nitrogen and oxygen atoms in total. The maximum absolute atomic E-state index is 12.0. The molecule has 0 spiro atoms. The zero-order chi connectivity index (χ0) is 12.4. The first kappa shape index (κ1) is 13.6. The molecule has 0 atom stereocenters. The molecular formula is C6H5F6NO2. The van der Waals surface area contributed by atoms with Crippen molar-refractivity contribution in [1.82, 2.24) is 0 Å². The molecule has 2 N–H and O–H groups in total. The van der Waals surface area contributed by atoms with E-state index in [4.69, 9.17) is 0 Å². The lowest BCUT2D eigenvalue weighted by Crippen LogP contribution is -2.32. The third-order valence-electron chi connectivity index (χ3n) is 1.25. The number of ether oxygens (including phenoxy) is 1. The highest BCUT2D eigenvalue weighted by atomic mass is 19.4. The van der Waals surface area contributed by atoms with Gasteiger partial charge in [-0.3, -0.25) is 0 Å². The fourth-order valence-corrected chi connectivity index (χ4v) is 0.622. The molecule has 15 heavy (non-hydrogen) atoms. The van der Waals surface area contributed by atoms with Gasteiger partial charge in [0.1, 0.15) is 5.70 Å². The molecule has 9 heteroatoms. The summed E-state index contributed by atoms with van der Waals surface area (Å²) < 4.78 is 75.1. The predicted octanol–water partition coefficient (Wildman–Crippen LogP) is 1.50. The van der Waals surface area contributed by atoms with Crippen molar-refractivity contribution in [3.8, 4) is 0 Å². The van der Waals surface area contributed by atoms with Crippen LogP contribution in [-0.4, -0.2) is 25.4 Å². The molecule has 0 heterocycles. The largest absolute Gasteiger partial charge is 0.465 e. The van der Waals surface area contributed by atoms with Gasteiger partial charge in [-0.05, 0) is 0 Å². The lowest BCUT2D eigenvalue weighted by molar-refractivity contribution is -0.152. The van der Waals surface area contributed by atoms with Crippen LogP contribution in [-0.2, 0) is 9.53 Å². The van der Waals surface area contributed by atoms with Crippen LogP contribution in [0.5, 0.6) is 0 Å². The van der Waals surface area contributed by atoms with Gasteiger partial charge in [0, 0.05) is 0 Å². The van der Waals surface area contributed by atoms with Crippen LogP contribution in [0.4, 0.5) is 26.3 Å². The molecule has 0 rings (SSSR count). The van der Waals surface area contributed by atoms with Crippen molar-refractivity contribution in [2.45, 2.75) is 12.4 Å². The molecule has 0 aliphatic heterocycles. The summed E-state index contributed by atoms with van der Waals surface area (Å²) in [6.45, 7) is 0. The van der Waals surface area contributed by atoms with Crippen LogP contribution < -0.4 is 5.73 Å². The van der Waals surface area contributed by atoms with Gasteiger partial charge in [-0.2, -0.15) is 26.3 Å². The minimum absolute atomic E-state index is 0.512. The molecule has 0 fully saturated rings. The third kappa shape index (κ3) is 3.33. The van der Waals surface area contributed by atoms with Gasteiger partial charge in [-0.15, -0.1) is 0 Å². The molecule has 0 aromatic rings. The molecule has 0 saturated heterocycles. The number of nitrogens with two attached hydrogens (primary N) is 1. The topological polar surface area (TPSA) is 52.3 Å². The molecule has 0 aromatic heterocycles. The molecular weight excluding hydrogens is 232 g/mol. The second-order valence-electron chi connectivity index (χ2n) is 2.28. The Kier molecular flexibility index (Phi) is 3.61. The summed E-state index contributed by atoms with van der Waals surface area (Å²) in [4.78, 5) is 10.5. The minimum Gasteiger partial charge on any atom is -0.465 e. The molecule has 88 valence electrons. The molecule has 0 bridgehead atoms. The number of carbonyl (C=O) groups is 1. The van der Waals surface area contributed by atoms with E-state index in [0.29, 0.717) is 7.11 Å². The average molecular weight is 237 g/mol. The van der Waals surface area contributed by atoms with Crippen LogP contribution in [0.25, 0.3) is 0 Å². The maximum Gasteiger partial charge on any atom is 0.431 e. The number of hydrogen-bond acceptors (Lipinski definition) is 3. The van der Waals surface area contributed by atoms with Crippen LogP contribution in [0.3, 0.4) is 0 Å². The van der Waals surface area contributed by atoms with Crippen LogP contribution >= 0.6 is 0 Å². The van der Waals surface area contributed by atoms with E-state index in [1.165, 1.54) is 0 Å². The summed E-state index contributed by atoms with van der Waals surface area (Å²) >= 11 is 0. The lowest BCUT2D eigenvalue weighted by atomic mass is 10.2. The average Bonchev–Trinajstić information content (AvgIpc) is 1.99. The van der Waals surface area contributed by atoms with Crippen LogP contribution in [0.15, 0.2) is 11.3 Å². The number of methoxy groups -OCH3 is 1. The molecule has 0 aliphatic rings. The van der Waals surface area contributed by atoms with E-state index in [1.807, 2.05) is 0 Å². The van der Waals surface area contributed by atoms with Crippen LogP contribution in [0.1, 0.15) is 0 Å². The Labute approximate surface area is 79.5 Å². The van der Waals surface area contributed by atoms with E-state index in [1.54, 1.807) is 0 Å². The van der Waals surface area contributed by atoms with Gasteiger partial charge in [0.05, 0.1) is 7.11 Å². The lowest BCUT2D eigenvalue weighted by Gasteiger charge is -2.14. The molecule has 0 aliphatic carbocycles. The number of rotatable bonds is 1. The molecule has 0 unspecified atom stereocenters. The van der Waals surface area contributed by atoms with Crippen LogP contribution in [0.2, 0.25) is 0 Å². The van der Waals surface area contributed by atoms with E-state index in [-0.39, 0.29) is 0 Å². The SMILES string of the molecule is COC(=O)/C(=C(/N)C(F)(F)F)C(F)(F)F. The number of carbonyl (C=O) groups excluding carboxylic acids is 1. The highest BCUT2D eigenvalue weighted by molar-refractivity contribution is 5.90. The first-order valence-corrected chi connectivity index (χ1v) is 3.24. The van der Waals surface area contributed by atoms with Crippen molar-refractivity contribution in [1.29, 1.82) is 0 Å². The van der Waals surface area contributed by atoms with E-state index in [9.17, 15) is 31.1 Å². The Morgan fingerprint density at radius 1 is 1.07 bits per heavy atom. The van der Waals surface area contributed by atoms with Crippen molar-refractivity contribution in [2.75, 3.05) is 7.11 Å². The Morgan fingerprint density at radius 3 is 1.67 bits per heavy atom. The Hall–Kier alpha value is -1.41. The monoisotopic (exact) mass is 237 g/mol. The molecule has 0 aromatic carbocycles. The van der Waals surface area contributed by atoms with Gasteiger partial charge in [0.25, 0.3) is 0 Å². The Morgan fingerprint density at radius 2 is 1.47 bits per heavy atom. The maximum atomic E-state index is 12.0. The Balaban J connectivity index is 5.59. The normalized spacial score (nSPS) is 14.6. The van der Waals surface area contributed by atoms with Crippen molar-refractivity contribution in [2.24, 2.45) is 5.73 Å². The van der Waals surface area contributed by atoms with Gasteiger partial charge in [0.2, 0.25) is 0 Å². The smallest absolute Gasteiger partial charge is 0.431 e. The fraction of sp³-hybridized carbons (Fsp3) is 0.500. The van der Waals surface area contributed by atoms with Crippen molar-refractivity contribution < 1.29 is 35.9 Å². The van der Waals surface area contributed by atoms with Crippen molar-refractivity contribution in [3.05, 3.63) is 11.3 Å². The summed E-state index contributed by atoms with van der Waals surface area (Å²) in [6.07, 6.45) is -11.0. The van der Waals surface area contributed by atoms with E-state index < -0.39 is 29.6 Å². The van der Waals surface area contributed by atoms with Gasteiger partial charge < -0.3 is 10.5 Å². The number of hydrogen-bond donors (Lipinski definition) is 1. The zero-order valence-electron chi connectivity index (χ0n) is 7.16. The second kappa shape index (κ2) is 3.99. The van der Waals surface area contributed by atoms with Gasteiger partial charge >= 0.3 is 18.3 Å². The number of esters is 1. The minimum atomic E-state index is -5.52. The predicted molar refractivity (Wildman–Crippen MR) is 35.3 cm³/mol. The summed E-state index contributed by atoms with van der Waals surface area (Å²) in [5.41, 5.74) is -0.893. The summed E-state index contributed by atoms with van der Waals surface area (Å²) in [6, 6.07) is 0. The quantitative estimate of drug-likeness (QED) is 0.427. The summed E-state index contributed by atoms with van der Waals surface area (Å²) in [5.74, 6) is -2.18. The molecule has 0 saturated carbocycles. The van der Waals surface area contributed by atoms with E-state index in [0.717, 1.165) is 0 Å². The van der Waals surface area contributed by atoms with Gasteiger partial charge in [0.15, 0.2) is 5.57 Å². The number of allylic oxidation sites excluding steroid dienone is 1. The number of halogens is 6. The first-order valence-electron chi connectivity index (χ1n) is 3.24. The molecule has 0 radical (unpaired) electrons. The highest BCUT2D eigenvalue weighted by Crippen LogP contribution is 2.34. The Bertz CT molecular complexity index is 289. The van der Waals surface area contributed by atoms with Crippen molar-refractivity contribution in [3.63, 3.8) is 0 Å². The third-order valence-corrected chi connectivity index (χ3v) is 1.25. The van der Waals surface area contributed by atoms with Crippen molar-refractivity contribution >= 4 is 5.97 Å². The standard InChI is InChI=1S/C6H5F6NO2/c1-15-4(14)2(5(7,8)9)3(13)6(10,11)12/h13H2,1H3/b3-2-.